The van der Waals surface area contributed by atoms with Crippen molar-refractivity contribution >= 4 is 40.9 Å². The van der Waals surface area contributed by atoms with E-state index in [4.69, 9.17) is 9.40 Å². The number of nitro groups is 1. The first kappa shape index (κ1) is 38.7. The average molecular weight is 799 g/mol. The molecule has 0 bridgehead atoms. The predicted molar refractivity (Wildman–Crippen MR) is 220 cm³/mol. The molecule has 2 aromatic heterocycles. The average Bonchev–Trinajstić information content (AvgIpc) is 3.93. The van der Waals surface area contributed by atoms with E-state index in [1.54, 1.807) is 79.1 Å². The lowest BCUT2D eigenvalue weighted by Gasteiger charge is -2.29. The first-order chi connectivity index (χ1) is 29.1. The van der Waals surface area contributed by atoms with E-state index in [9.17, 15) is 34.1 Å². The van der Waals surface area contributed by atoms with Gasteiger partial charge in [-0.25, -0.2) is 4.98 Å². The molecule has 1 unspecified atom stereocenters. The summed E-state index contributed by atoms with van der Waals surface area (Å²) in [6.45, 7) is 0.500. The van der Waals surface area contributed by atoms with E-state index in [0.29, 0.717) is 57.1 Å². The van der Waals surface area contributed by atoms with Gasteiger partial charge in [0.2, 0.25) is 11.8 Å². The van der Waals surface area contributed by atoms with Crippen molar-refractivity contribution in [2.75, 3.05) is 11.9 Å². The van der Waals surface area contributed by atoms with Crippen LogP contribution in [0.25, 0.3) is 33.8 Å². The Bertz CT molecular complexity index is 2740. The van der Waals surface area contributed by atoms with Gasteiger partial charge in [-0.3, -0.25) is 39.4 Å². The molecule has 6 aromatic rings. The van der Waals surface area contributed by atoms with Gasteiger partial charge in [-0.05, 0) is 108 Å². The van der Waals surface area contributed by atoms with E-state index in [0.717, 1.165) is 16.7 Å². The molecule has 3 N–H and O–H groups in total. The van der Waals surface area contributed by atoms with Crippen molar-refractivity contribution in [2.45, 2.75) is 31.8 Å². The Balaban J connectivity index is 0.857. The molecule has 2 aliphatic rings. The highest BCUT2D eigenvalue weighted by atomic mass is 16.6. The van der Waals surface area contributed by atoms with Crippen molar-refractivity contribution in [3.63, 3.8) is 0 Å². The smallest absolute Gasteiger partial charge is 0.269 e. The number of fused-ring (bicyclic) bond motifs is 1. The van der Waals surface area contributed by atoms with Gasteiger partial charge in [0.1, 0.15) is 11.7 Å². The van der Waals surface area contributed by atoms with Gasteiger partial charge in [-0.2, -0.15) is 0 Å². The molecule has 0 saturated carbocycles. The third kappa shape index (κ3) is 8.27. The first-order valence-electron chi connectivity index (χ1n) is 19.0. The van der Waals surface area contributed by atoms with Crippen molar-refractivity contribution in [1.82, 2.24) is 20.5 Å². The van der Waals surface area contributed by atoms with Gasteiger partial charge < -0.3 is 20.0 Å². The van der Waals surface area contributed by atoms with E-state index in [1.165, 1.54) is 17.0 Å². The lowest BCUT2D eigenvalue weighted by Crippen LogP contribution is -2.52. The van der Waals surface area contributed by atoms with E-state index in [1.807, 2.05) is 30.3 Å². The van der Waals surface area contributed by atoms with Gasteiger partial charge in [-0.1, -0.05) is 30.0 Å². The lowest BCUT2D eigenvalue weighted by atomic mass is 10.00. The number of carbonyl (C=O) groups excluding carboxylic acids is 5. The van der Waals surface area contributed by atoms with Gasteiger partial charge in [-0.15, -0.1) is 0 Å². The SMILES string of the molecule is O=C1CCC(N2Cc3c(C#CCCNC(=O)c4ccc(NC(=O)c5ccc(-c6cc(-c7ccc([N+](=O)[O-])cc7)nc(-c7ccco7)c6)cc5)cc4)cccc3C2=O)C(=O)N1. The molecule has 4 aromatic carbocycles. The molecule has 60 heavy (non-hydrogen) atoms. The van der Waals surface area contributed by atoms with E-state index in [2.05, 4.69) is 27.8 Å². The molecule has 0 aliphatic carbocycles. The third-order valence-corrected chi connectivity index (χ3v) is 10.2. The number of hydrogen-bond acceptors (Lipinski definition) is 9. The second kappa shape index (κ2) is 16.7. The first-order valence-corrected chi connectivity index (χ1v) is 19.0. The zero-order valence-corrected chi connectivity index (χ0v) is 31.8. The number of rotatable bonds is 10. The molecule has 1 fully saturated rings. The summed E-state index contributed by atoms with van der Waals surface area (Å²) >= 11 is 0. The summed E-state index contributed by atoms with van der Waals surface area (Å²) < 4.78 is 5.60. The molecule has 14 nitrogen and oxygen atoms in total. The van der Waals surface area contributed by atoms with Crippen molar-refractivity contribution in [3.8, 4) is 45.7 Å². The predicted octanol–water partition coefficient (Wildman–Crippen LogP) is 6.77. The Labute approximate surface area is 342 Å². The van der Waals surface area contributed by atoms with E-state index in [-0.39, 0.29) is 55.2 Å². The van der Waals surface area contributed by atoms with Crippen LogP contribution in [-0.2, 0) is 16.1 Å². The van der Waals surface area contributed by atoms with Crippen LogP contribution in [0.15, 0.2) is 126 Å². The fourth-order valence-electron chi connectivity index (χ4n) is 7.07. The summed E-state index contributed by atoms with van der Waals surface area (Å²) in [5.41, 5.74) is 6.64. The highest BCUT2D eigenvalue weighted by Crippen LogP contribution is 2.32. The topological polar surface area (TPSA) is 194 Å². The number of hydrogen-bond donors (Lipinski definition) is 3. The molecule has 5 amide bonds. The maximum atomic E-state index is 13.2. The van der Waals surface area contributed by atoms with E-state index >= 15 is 0 Å². The standard InChI is InChI=1S/C46H34N6O8/c53-42-22-21-40(45(56)50-42)51-27-37-29(6-3-7-36(37)46(51)57)5-1-2-23-47-43(54)31-13-17-34(18-14-31)48-44(55)32-11-9-28(10-12-32)33-25-38(30-15-19-35(20-16-30)52(58)59)49-39(26-33)41-8-4-24-60-41/h3-4,6-20,24-26,40H,2,21-23,27H2,(H,47,54)(H,48,55)(H,50,53,56). The molecular formula is C46H34N6O8. The number of anilines is 1. The minimum atomic E-state index is -0.709. The summed E-state index contributed by atoms with van der Waals surface area (Å²) in [6.07, 6.45) is 2.35. The number of nitrogens with zero attached hydrogens (tertiary/aromatic N) is 3. The maximum absolute atomic E-state index is 13.2. The minimum Gasteiger partial charge on any atom is -0.463 e. The summed E-state index contributed by atoms with van der Waals surface area (Å²) in [4.78, 5) is 80.0. The van der Waals surface area contributed by atoms with Gasteiger partial charge in [0.25, 0.3) is 23.4 Å². The molecular weight excluding hydrogens is 765 g/mol. The number of aromatic nitrogens is 1. The molecule has 8 rings (SSSR count). The number of imide groups is 1. The Hall–Kier alpha value is -8.18. The maximum Gasteiger partial charge on any atom is 0.269 e. The van der Waals surface area contributed by atoms with Crippen molar-refractivity contribution in [1.29, 1.82) is 0 Å². The van der Waals surface area contributed by atoms with E-state index < -0.39 is 16.9 Å². The van der Waals surface area contributed by atoms with Gasteiger partial charge in [0.05, 0.1) is 16.9 Å². The number of non-ortho nitro benzene ring substituents is 1. The highest BCUT2D eigenvalue weighted by Gasteiger charge is 2.39. The molecule has 2 aliphatic heterocycles. The Morgan fingerprint density at radius 2 is 1.57 bits per heavy atom. The monoisotopic (exact) mass is 798 g/mol. The molecule has 4 heterocycles. The van der Waals surface area contributed by atoms with Crippen LogP contribution in [0.3, 0.4) is 0 Å². The van der Waals surface area contributed by atoms with Gasteiger partial charge in [0, 0.05) is 71.6 Å². The number of nitrogens with one attached hydrogen (secondary N) is 3. The summed E-state index contributed by atoms with van der Waals surface area (Å²) in [5, 5.41) is 19.2. The highest BCUT2D eigenvalue weighted by molar-refractivity contribution is 6.06. The van der Waals surface area contributed by atoms with Crippen LogP contribution in [0.1, 0.15) is 61.5 Å². The van der Waals surface area contributed by atoms with Gasteiger partial charge >= 0.3 is 0 Å². The van der Waals surface area contributed by atoms with Crippen LogP contribution < -0.4 is 16.0 Å². The number of nitro benzene ring substituents is 1. The molecule has 1 saturated heterocycles. The quantitative estimate of drug-likeness (QED) is 0.0441. The number of piperidine rings is 1. The summed E-state index contributed by atoms with van der Waals surface area (Å²) in [6, 6.07) is 31.5. The van der Waals surface area contributed by atoms with Crippen molar-refractivity contribution in [3.05, 3.63) is 159 Å². The minimum absolute atomic E-state index is 0.0238. The molecule has 1 atom stereocenters. The fourth-order valence-corrected chi connectivity index (χ4v) is 7.07. The normalized spacial score (nSPS) is 14.4. The number of pyridine rings is 1. The van der Waals surface area contributed by atoms with Gasteiger partial charge in [0.15, 0.2) is 5.76 Å². The lowest BCUT2D eigenvalue weighted by molar-refractivity contribution is -0.384. The van der Waals surface area contributed by atoms with Crippen LogP contribution >= 0.6 is 0 Å². The van der Waals surface area contributed by atoms with Crippen LogP contribution in [0.4, 0.5) is 11.4 Å². The molecule has 0 spiro atoms. The molecule has 14 heteroatoms. The van der Waals surface area contributed by atoms with Crippen LogP contribution in [-0.4, -0.2) is 56.9 Å². The summed E-state index contributed by atoms with van der Waals surface area (Å²) in [7, 11) is 0. The number of benzene rings is 4. The van der Waals surface area contributed by atoms with Crippen molar-refractivity contribution < 1.29 is 33.3 Å². The fraction of sp³-hybridized carbons (Fsp3) is 0.130. The largest absolute Gasteiger partial charge is 0.463 e. The molecule has 0 radical (unpaired) electrons. The molecule has 296 valence electrons. The Kier molecular flexibility index (Phi) is 10.8. The van der Waals surface area contributed by atoms with Crippen molar-refractivity contribution in [2.24, 2.45) is 0 Å². The van der Waals surface area contributed by atoms with Crippen LogP contribution in [0.2, 0.25) is 0 Å². The van der Waals surface area contributed by atoms with Crippen LogP contribution in [0, 0.1) is 22.0 Å². The number of carbonyl (C=O) groups is 5. The zero-order valence-electron chi connectivity index (χ0n) is 31.8. The zero-order chi connectivity index (χ0) is 41.8. The Morgan fingerprint density at radius 3 is 2.28 bits per heavy atom. The number of furan rings is 1. The third-order valence-electron chi connectivity index (χ3n) is 10.2. The summed E-state index contributed by atoms with van der Waals surface area (Å²) in [5.74, 6) is 4.97. The van der Waals surface area contributed by atoms with Crippen LogP contribution in [0.5, 0.6) is 0 Å². The Morgan fingerprint density at radius 1 is 0.850 bits per heavy atom. The number of amides is 5. The second-order valence-corrected chi connectivity index (χ2v) is 14.1. The second-order valence-electron chi connectivity index (χ2n) is 14.1.